The molecule has 0 aliphatic carbocycles. The van der Waals surface area contributed by atoms with E-state index >= 15 is 0 Å². The number of carbonyl (C=O) groups excluding carboxylic acids is 1. The lowest BCUT2D eigenvalue weighted by Gasteiger charge is -2.13. The number of para-hydroxylation sites is 1. The topological polar surface area (TPSA) is 98.2 Å². The maximum atomic E-state index is 13.7. The van der Waals surface area contributed by atoms with Gasteiger partial charge in [-0.2, -0.15) is 0 Å². The van der Waals surface area contributed by atoms with Crippen molar-refractivity contribution >= 4 is 32.2 Å². The lowest BCUT2D eigenvalue weighted by molar-refractivity contribution is -0.122. The summed E-state index contributed by atoms with van der Waals surface area (Å²) < 4.78 is 57.1. The van der Waals surface area contributed by atoms with Crippen LogP contribution in [-0.4, -0.2) is 30.6 Å². The van der Waals surface area contributed by atoms with E-state index in [0.717, 1.165) is 6.07 Å². The molecule has 1 N–H and O–H groups in total. The number of benzene rings is 2. The van der Waals surface area contributed by atoms with Crippen molar-refractivity contribution in [2.45, 2.75) is 23.1 Å². The molecule has 11 heteroatoms. The second-order valence-electron chi connectivity index (χ2n) is 5.90. The Morgan fingerprint density at radius 3 is 2.45 bits per heavy atom. The fourth-order valence-corrected chi connectivity index (χ4v) is 4.59. The molecule has 3 rings (SSSR count). The minimum atomic E-state index is -3.95. The van der Waals surface area contributed by atoms with Crippen LogP contribution in [-0.2, 0) is 20.4 Å². The van der Waals surface area contributed by atoms with Crippen molar-refractivity contribution in [1.82, 2.24) is 10.2 Å². The monoisotopic (exact) mass is 439 g/mol. The zero-order chi connectivity index (χ0) is 21.0. The number of hydrogen-bond acceptors (Lipinski definition) is 7. The Balaban J connectivity index is 1.67. The average molecular weight is 439 g/mol. The summed E-state index contributed by atoms with van der Waals surface area (Å²) in [6, 6.07) is 11.1. The van der Waals surface area contributed by atoms with Crippen molar-refractivity contribution in [2.75, 3.05) is 5.32 Å². The van der Waals surface area contributed by atoms with Crippen LogP contribution in [0.5, 0.6) is 5.75 Å². The smallest absolute Gasteiger partial charge is 0.266 e. The van der Waals surface area contributed by atoms with Crippen LogP contribution in [0.25, 0.3) is 0 Å². The summed E-state index contributed by atoms with van der Waals surface area (Å²) in [6.45, 7) is 1.40. The van der Waals surface area contributed by atoms with E-state index in [0.29, 0.717) is 11.3 Å². The Kier molecular flexibility index (Phi) is 6.18. The van der Waals surface area contributed by atoms with Crippen molar-refractivity contribution in [2.24, 2.45) is 0 Å². The summed E-state index contributed by atoms with van der Waals surface area (Å²) >= 11 is 0.626. The number of carbonyl (C=O) groups is 1. The van der Waals surface area contributed by atoms with Gasteiger partial charge in [0.1, 0.15) is 5.82 Å². The molecule has 0 spiro atoms. The Morgan fingerprint density at radius 2 is 1.76 bits per heavy atom. The molecule has 7 nitrogen and oxygen atoms in total. The highest BCUT2D eigenvalue weighted by Gasteiger charge is 2.24. The van der Waals surface area contributed by atoms with Gasteiger partial charge in [-0.1, -0.05) is 41.7 Å². The zero-order valence-electron chi connectivity index (χ0n) is 15.0. The Morgan fingerprint density at radius 1 is 1.10 bits per heavy atom. The number of halogens is 2. The number of rotatable bonds is 7. The minimum Gasteiger partial charge on any atom is -0.478 e. The van der Waals surface area contributed by atoms with Crippen LogP contribution in [0, 0.1) is 11.6 Å². The van der Waals surface area contributed by atoms with Crippen LogP contribution in [0.3, 0.4) is 0 Å². The Hall–Kier alpha value is -2.92. The molecule has 1 heterocycles. The van der Waals surface area contributed by atoms with Crippen LogP contribution in [0.15, 0.2) is 52.9 Å². The van der Waals surface area contributed by atoms with Crippen molar-refractivity contribution < 1.29 is 26.7 Å². The molecular formula is C18H15F2N3O4S2. The highest BCUT2D eigenvalue weighted by atomic mass is 32.2. The largest absolute Gasteiger partial charge is 0.478 e. The van der Waals surface area contributed by atoms with E-state index in [4.69, 9.17) is 4.74 Å². The molecule has 29 heavy (non-hydrogen) atoms. The van der Waals surface area contributed by atoms with Gasteiger partial charge in [0.15, 0.2) is 17.7 Å². The van der Waals surface area contributed by atoms with Gasteiger partial charge in [-0.15, -0.1) is 10.2 Å². The summed E-state index contributed by atoms with van der Waals surface area (Å²) in [5.41, 5.74) is 0.000181. The first-order valence-electron chi connectivity index (χ1n) is 8.28. The molecule has 0 fully saturated rings. The van der Waals surface area contributed by atoms with Crippen LogP contribution in [0.1, 0.15) is 12.5 Å². The molecule has 0 saturated heterocycles. The molecule has 0 saturated carbocycles. The van der Waals surface area contributed by atoms with Gasteiger partial charge in [0, 0.05) is 5.56 Å². The standard InChI is InChI=1S/C18H15F2N3O4S2/c1-11(27-15-9-5-4-8-14(15)20)16(24)21-17-22-23-18(28-17)29(25,26)10-12-6-2-3-7-13(12)19/h2-9,11H,10H2,1H3,(H,21,22,24)/t11-/m1/s1. The first kappa shape index (κ1) is 20.8. The molecule has 0 aliphatic rings. The van der Waals surface area contributed by atoms with Gasteiger partial charge in [0.05, 0.1) is 5.75 Å². The zero-order valence-corrected chi connectivity index (χ0v) is 16.6. The maximum absolute atomic E-state index is 13.7. The van der Waals surface area contributed by atoms with Crippen LogP contribution in [0.4, 0.5) is 13.9 Å². The molecule has 1 atom stereocenters. The van der Waals surface area contributed by atoms with E-state index < -0.39 is 39.2 Å². The van der Waals surface area contributed by atoms with Crippen LogP contribution >= 0.6 is 11.3 Å². The molecule has 0 aliphatic heterocycles. The molecule has 0 unspecified atom stereocenters. The van der Waals surface area contributed by atoms with Crippen molar-refractivity contribution in [1.29, 1.82) is 0 Å². The quantitative estimate of drug-likeness (QED) is 0.568. The van der Waals surface area contributed by atoms with Gasteiger partial charge in [0.2, 0.25) is 19.3 Å². The summed E-state index contributed by atoms with van der Waals surface area (Å²) in [6.07, 6.45) is -1.07. The number of nitrogens with zero attached hydrogens (tertiary/aromatic N) is 2. The van der Waals surface area contributed by atoms with Gasteiger partial charge in [0.25, 0.3) is 5.91 Å². The van der Waals surface area contributed by atoms with E-state index in [9.17, 15) is 22.0 Å². The van der Waals surface area contributed by atoms with E-state index in [1.807, 2.05) is 0 Å². The Labute approximate surface area is 169 Å². The first-order chi connectivity index (χ1) is 13.8. The number of amides is 1. The van der Waals surface area contributed by atoms with E-state index in [-0.39, 0.29) is 20.8 Å². The third kappa shape index (κ3) is 5.12. The lowest BCUT2D eigenvalue weighted by Crippen LogP contribution is -2.30. The highest BCUT2D eigenvalue weighted by Crippen LogP contribution is 2.25. The number of anilines is 1. The Bertz CT molecular complexity index is 1140. The molecule has 1 amide bonds. The molecule has 0 radical (unpaired) electrons. The maximum Gasteiger partial charge on any atom is 0.266 e. The predicted molar refractivity (Wildman–Crippen MR) is 102 cm³/mol. The highest BCUT2D eigenvalue weighted by molar-refractivity contribution is 7.92. The summed E-state index contributed by atoms with van der Waals surface area (Å²) in [4.78, 5) is 12.2. The number of ether oxygens (including phenoxy) is 1. The third-order valence-electron chi connectivity index (χ3n) is 3.72. The van der Waals surface area contributed by atoms with Gasteiger partial charge in [-0.25, -0.2) is 17.2 Å². The van der Waals surface area contributed by atoms with E-state index in [1.54, 1.807) is 6.07 Å². The number of nitrogens with one attached hydrogen (secondary N) is 1. The van der Waals surface area contributed by atoms with Gasteiger partial charge >= 0.3 is 0 Å². The van der Waals surface area contributed by atoms with Crippen molar-refractivity contribution in [3.63, 3.8) is 0 Å². The summed E-state index contributed by atoms with van der Waals surface area (Å²) in [7, 11) is -3.95. The van der Waals surface area contributed by atoms with Crippen molar-refractivity contribution in [3.05, 3.63) is 65.7 Å². The molecular weight excluding hydrogens is 424 g/mol. The summed E-state index contributed by atoms with van der Waals surface area (Å²) in [5, 5.41) is 9.49. The van der Waals surface area contributed by atoms with Crippen LogP contribution < -0.4 is 10.1 Å². The van der Waals surface area contributed by atoms with Gasteiger partial charge < -0.3 is 4.74 Å². The number of sulfone groups is 1. The lowest BCUT2D eigenvalue weighted by atomic mass is 10.2. The molecule has 2 aromatic carbocycles. The van der Waals surface area contributed by atoms with Crippen molar-refractivity contribution in [3.8, 4) is 5.75 Å². The fraction of sp³-hybridized carbons (Fsp3) is 0.167. The normalized spacial score (nSPS) is 12.4. The SMILES string of the molecule is C[C@@H](Oc1ccccc1F)C(=O)Nc1nnc(S(=O)(=O)Cc2ccccc2F)s1. The molecule has 1 aromatic heterocycles. The second kappa shape index (κ2) is 8.62. The molecule has 152 valence electrons. The minimum absolute atomic E-state index is 0.000181. The average Bonchev–Trinajstić information content (AvgIpc) is 3.15. The number of aromatic nitrogens is 2. The van der Waals surface area contributed by atoms with E-state index in [1.165, 1.54) is 43.3 Å². The molecule has 0 bridgehead atoms. The van der Waals surface area contributed by atoms with E-state index in [2.05, 4.69) is 15.5 Å². The van der Waals surface area contributed by atoms with Gasteiger partial charge in [-0.3, -0.25) is 10.1 Å². The number of hydrogen-bond donors (Lipinski definition) is 1. The predicted octanol–water partition coefficient (Wildman–Crippen LogP) is 3.20. The third-order valence-corrected chi connectivity index (χ3v) is 6.67. The van der Waals surface area contributed by atoms with Crippen LogP contribution in [0.2, 0.25) is 0 Å². The fourth-order valence-electron chi connectivity index (χ4n) is 2.26. The second-order valence-corrected chi connectivity index (χ2v) is 9.04. The molecule has 3 aromatic rings. The van der Waals surface area contributed by atoms with Gasteiger partial charge in [-0.05, 0) is 25.1 Å². The first-order valence-corrected chi connectivity index (χ1v) is 10.7. The summed E-state index contributed by atoms with van der Waals surface area (Å²) in [5.74, 6) is -2.62.